The molecule has 0 spiro atoms. The second-order valence-electron chi connectivity index (χ2n) is 9.88. The second-order valence-corrected chi connectivity index (χ2v) is 9.88. The van der Waals surface area contributed by atoms with E-state index < -0.39 is 5.97 Å². The number of aromatic nitrogens is 4. The molecule has 1 saturated carbocycles. The van der Waals surface area contributed by atoms with Crippen LogP contribution in [0.1, 0.15) is 42.9 Å². The van der Waals surface area contributed by atoms with Gasteiger partial charge in [0.1, 0.15) is 17.0 Å². The number of hydrogen-bond donors (Lipinski definition) is 3. The van der Waals surface area contributed by atoms with Gasteiger partial charge in [-0.05, 0) is 74.9 Å². The Bertz CT molecular complexity index is 1630. The molecule has 37 heavy (non-hydrogen) atoms. The van der Waals surface area contributed by atoms with E-state index in [1.807, 2.05) is 54.9 Å². The SMILES string of the molecule is Cc1cc(C)c2oc(Nc3ccc(-c4nn(C5CCC(C(=O)O)CC5)c5ccnc(N)c45)cc3)nc2c1. The lowest BCUT2D eigenvalue weighted by atomic mass is 9.86. The molecule has 1 aliphatic carbocycles. The zero-order chi connectivity index (χ0) is 25.7. The van der Waals surface area contributed by atoms with Crippen LogP contribution in [0.2, 0.25) is 0 Å². The number of nitrogens with one attached hydrogen (secondary N) is 1. The molecule has 9 heteroatoms. The van der Waals surface area contributed by atoms with Gasteiger partial charge < -0.3 is 20.6 Å². The van der Waals surface area contributed by atoms with Crippen molar-refractivity contribution in [1.82, 2.24) is 19.7 Å². The number of nitrogen functional groups attached to an aromatic ring is 1. The molecule has 5 aromatic rings. The smallest absolute Gasteiger partial charge is 0.306 e. The largest absolute Gasteiger partial charge is 0.481 e. The van der Waals surface area contributed by atoms with Crippen LogP contribution in [0.4, 0.5) is 17.5 Å². The third-order valence-electron chi connectivity index (χ3n) is 7.27. The first kappa shape index (κ1) is 23.0. The number of oxazole rings is 1. The summed E-state index contributed by atoms with van der Waals surface area (Å²) in [5.41, 5.74) is 13.6. The Labute approximate surface area is 213 Å². The molecule has 3 aromatic heterocycles. The third kappa shape index (κ3) is 4.16. The Kier molecular flexibility index (Phi) is 5.55. The molecule has 0 bridgehead atoms. The molecule has 0 unspecified atom stereocenters. The summed E-state index contributed by atoms with van der Waals surface area (Å²) in [7, 11) is 0. The number of nitrogens with two attached hydrogens (primary N) is 1. The van der Waals surface area contributed by atoms with Gasteiger partial charge in [0.2, 0.25) is 0 Å². The van der Waals surface area contributed by atoms with Crippen LogP contribution in [0.3, 0.4) is 0 Å². The zero-order valence-corrected chi connectivity index (χ0v) is 20.7. The van der Waals surface area contributed by atoms with Crippen molar-refractivity contribution < 1.29 is 14.3 Å². The molecule has 0 radical (unpaired) electrons. The van der Waals surface area contributed by atoms with Crippen molar-refractivity contribution >= 4 is 45.5 Å². The molecule has 1 aliphatic rings. The lowest BCUT2D eigenvalue weighted by molar-refractivity contribution is -0.143. The Hall–Kier alpha value is -4.40. The summed E-state index contributed by atoms with van der Waals surface area (Å²) in [6, 6.07) is 14.5. The number of benzene rings is 2. The molecule has 0 atom stereocenters. The van der Waals surface area contributed by atoms with Crippen molar-refractivity contribution in [2.24, 2.45) is 5.92 Å². The number of carboxylic acid groups (broad SMARTS) is 1. The van der Waals surface area contributed by atoms with Gasteiger partial charge in [-0.1, -0.05) is 18.2 Å². The molecule has 0 amide bonds. The lowest BCUT2D eigenvalue weighted by Crippen LogP contribution is -2.23. The standard InChI is InChI=1S/C28H28N6O3/c1-15-13-16(2)25-21(14-15)32-28(37-25)31-19-7-3-17(4-8-19)24-23-22(11-12-30-26(23)29)34(33-24)20-9-5-18(6-10-20)27(35)36/h3-4,7-8,11-14,18,20H,5-6,9-10H2,1-2H3,(H2,29,30)(H,31,32)(H,35,36). The fourth-order valence-corrected chi connectivity index (χ4v) is 5.43. The van der Waals surface area contributed by atoms with Crippen LogP contribution in [-0.2, 0) is 4.79 Å². The number of nitrogens with zero attached hydrogens (tertiary/aromatic N) is 4. The number of rotatable bonds is 5. The maximum atomic E-state index is 11.4. The zero-order valence-electron chi connectivity index (χ0n) is 20.7. The molecule has 6 rings (SSSR count). The number of carboxylic acids is 1. The van der Waals surface area contributed by atoms with Crippen LogP contribution < -0.4 is 11.1 Å². The molecule has 0 saturated heterocycles. The predicted octanol–water partition coefficient (Wildman–Crippen LogP) is 6.00. The predicted molar refractivity (Wildman–Crippen MR) is 143 cm³/mol. The Morgan fingerprint density at radius 3 is 2.59 bits per heavy atom. The maximum Gasteiger partial charge on any atom is 0.306 e. The highest BCUT2D eigenvalue weighted by atomic mass is 16.4. The van der Waals surface area contributed by atoms with E-state index in [2.05, 4.69) is 21.4 Å². The maximum absolute atomic E-state index is 11.4. The van der Waals surface area contributed by atoms with E-state index >= 15 is 0 Å². The van der Waals surface area contributed by atoms with Crippen LogP contribution in [0, 0.1) is 19.8 Å². The fraction of sp³-hybridized carbons (Fsp3) is 0.286. The molecule has 3 heterocycles. The first-order chi connectivity index (χ1) is 17.9. The highest BCUT2D eigenvalue weighted by Crippen LogP contribution is 2.38. The Balaban J connectivity index is 1.30. The number of anilines is 3. The fourth-order valence-electron chi connectivity index (χ4n) is 5.43. The molecule has 188 valence electrons. The first-order valence-corrected chi connectivity index (χ1v) is 12.5. The molecule has 4 N–H and O–H groups in total. The van der Waals surface area contributed by atoms with Gasteiger partial charge in [0.05, 0.1) is 22.9 Å². The normalized spacial score (nSPS) is 17.9. The van der Waals surface area contributed by atoms with E-state index in [4.69, 9.17) is 15.2 Å². The van der Waals surface area contributed by atoms with Gasteiger partial charge >= 0.3 is 5.97 Å². The number of carbonyl (C=O) groups is 1. The van der Waals surface area contributed by atoms with E-state index in [9.17, 15) is 9.90 Å². The summed E-state index contributed by atoms with van der Waals surface area (Å²) in [6.07, 6.45) is 4.52. The summed E-state index contributed by atoms with van der Waals surface area (Å²) in [6.45, 7) is 4.06. The van der Waals surface area contributed by atoms with Crippen LogP contribution in [0.25, 0.3) is 33.3 Å². The minimum absolute atomic E-state index is 0.126. The van der Waals surface area contributed by atoms with Gasteiger partial charge in [0, 0.05) is 17.4 Å². The summed E-state index contributed by atoms with van der Waals surface area (Å²) in [5.74, 6) is -0.564. The minimum Gasteiger partial charge on any atom is -0.481 e. The van der Waals surface area contributed by atoms with Crippen LogP contribution >= 0.6 is 0 Å². The van der Waals surface area contributed by atoms with Gasteiger partial charge in [-0.15, -0.1) is 0 Å². The van der Waals surface area contributed by atoms with Crippen molar-refractivity contribution in [3.63, 3.8) is 0 Å². The van der Waals surface area contributed by atoms with Crippen molar-refractivity contribution in [2.75, 3.05) is 11.1 Å². The monoisotopic (exact) mass is 496 g/mol. The summed E-state index contributed by atoms with van der Waals surface area (Å²) >= 11 is 0. The van der Waals surface area contributed by atoms with Gasteiger partial charge in [0.25, 0.3) is 6.01 Å². The van der Waals surface area contributed by atoms with Gasteiger partial charge in [0.15, 0.2) is 5.58 Å². The molecular weight excluding hydrogens is 468 g/mol. The van der Waals surface area contributed by atoms with E-state index in [0.717, 1.165) is 62.9 Å². The van der Waals surface area contributed by atoms with E-state index in [0.29, 0.717) is 24.7 Å². The van der Waals surface area contributed by atoms with Crippen LogP contribution in [0.15, 0.2) is 53.1 Å². The second kappa shape index (κ2) is 8.92. The summed E-state index contributed by atoms with van der Waals surface area (Å²) in [4.78, 5) is 20.3. The van der Waals surface area contributed by atoms with E-state index in [1.165, 1.54) is 0 Å². The Morgan fingerprint density at radius 1 is 1.11 bits per heavy atom. The molecule has 1 fully saturated rings. The molecule has 2 aromatic carbocycles. The highest BCUT2D eigenvalue weighted by molar-refractivity contribution is 6.00. The van der Waals surface area contributed by atoms with Gasteiger partial charge in [-0.2, -0.15) is 10.1 Å². The van der Waals surface area contributed by atoms with Crippen LogP contribution in [-0.4, -0.2) is 30.8 Å². The average molecular weight is 497 g/mol. The number of hydrogen-bond acceptors (Lipinski definition) is 7. The molecular formula is C28H28N6O3. The Morgan fingerprint density at radius 2 is 1.86 bits per heavy atom. The third-order valence-corrected chi connectivity index (χ3v) is 7.27. The topological polar surface area (TPSA) is 132 Å². The first-order valence-electron chi connectivity index (χ1n) is 12.5. The van der Waals surface area contributed by atoms with Crippen molar-refractivity contribution in [2.45, 2.75) is 45.6 Å². The minimum atomic E-state index is -0.713. The van der Waals surface area contributed by atoms with Crippen molar-refractivity contribution in [3.8, 4) is 11.3 Å². The summed E-state index contributed by atoms with van der Waals surface area (Å²) in [5, 5.41) is 18.4. The van der Waals surface area contributed by atoms with Gasteiger partial charge in [-0.25, -0.2) is 4.98 Å². The lowest BCUT2D eigenvalue weighted by Gasteiger charge is -2.26. The van der Waals surface area contributed by atoms with Crippen molar-refractivity contribution in [3.05, 3.63) is 59.8 Å². The summed E-state index contributed by atoms with van der Waals surface area (Å²) < 4.78 is 7.95. The molecule has 0 aliphatic heterocycles. The van der Waals surface area contributed by atoms with E-state index in [-0.39, 0.29) is 12.0 Å². The van der Waals surface area contributed by atoms with Crippen molar-refractivity contribution in [1.29, 1.82) is 0 Å². The van der Waals surface area contributed by atoms with Crippen LogP contribution in [0.5, 0.6) is 0 Å². The number of aliphatic carboxylic acids is 1. The molecule has 9 nitrogen and oxygen atoms in total. The number of pyridine rings is 1. The average Bonchev–Trinajstić information content (AvgIpc) is 3.47. The highest BCUT2D eigenvalue weighted by Gasteiger charge is 2.29. The van der Waals surface area contributed by atoms with Gasteiger partial charge in [-0.3, -0.25) is 9.48 Å². The number of fused-ring (bicyclic) bond motifs is 2. The number of aryl methyl sites for hydroxylation is 2. The quantitative estimate of drug-likeness (QED) is 0.270. The van der Waals surface area contributed by atoms with E-state index in [1.54, 1.807) is 6.20 Å².